The largest absolute Gasteiger partial charge is 0.494 e. The van der Waals surface area contributed by atoms with E-state index in [-0.39, 0.29) is 5.91 Å². The van der Waals surface area contributed by atoms with Crippen LogP contribution in [0.4, 0.5) is 0 Å². The molecule has 0 fully saturated rings. The fourth-order valence-electron chi connectivity index (χ4n) is 1.76. The molecule has 0 saturated heterocycles. The molecule has 3 heteroatoms. The minimum Gasteiger partial charge on any atom is -0.494 e. The Hall–Kier alpha value is -1.77. The van der Waals surface area contributed by atoms with Crippen molar-refractivity contribution in [2.45, 2.75) is 26.7 Å². The minimum absolute atomic E-state index is 0.0966. The molecule has 0 aromatic heterocycles. The second-order valence-corrected chi connectivity index (χ2v) is 4.62. The van der Waals surface area contributed by atoms with Crippen LogP contribution in [-0.2, 0) is 4.79 Å². The first kappa shape index (κ1) is 15.3. The molecule has 3 nitrogen and oxygen atoms in total. The van der Waals surface area contributed by atoms with Gasteiger partial charge in [0.25, 0.3) is 0 Å². The number of benzene rings is 1. The average molecular weight is 261 g/mol. The van der Waals surface area contributed by atoms with Gasteiger partial charge in [0.05, 0.1) is 6.61 Å². The molecule has 1 aromatic carbocycles. The summed E-state index contributed by atoms with van der Waals surface area (Å²) in [5.74, 6) is 1.000. The molecule has 1 aromatic rings. The van der Waals surface area contributed by atoms with Crippen LogP contribution in [0.5, 0.6) is 5.75 Å². The molecule has 0 spiro atoms. The first-order chi connectivity index (χ1) is 9.13. The summed E-state index contributed by atoms with van der Waals surface area (Å²) in [6, 6.07) is 8.04. The first-order valence-electron chi connectivity index (χ1n) is 6.69. The quantitative estimate of drug-likeness (QED) is 0.531. The predicted molar refractivity (Wildman–Crippen MR) is 78.4 cm³/mol. The normalized spacial score (nSPS) is 10.0. The van der Waals surface area contributed by atoms with Crippen molar-refractivity contribution in [3.8, 4) is 5.75 Å². The highest BCUT2D eigenvalue weighted by atomic mass is 16.5. The zero-order chi connectivity index (χ0) is 14.1. The van der Waals surface area contributed by atoms with Crippen molar-refractivity contribution in [1.29, 1.82) is 0 Å². The highest BCUT2D eigenvalue weighted by Gasteiger charge is 2.05. The summed E-state index contributed by atoms with van der Waals surface area (Å²) in [6.07, 6.45) is 3.64. The maximum Gasteiger partial charge on any atom is 0.219 e. The number of aryl methyl sites for hydroxylation is 1. The number of amides is 1. The maximum absolute atomic E-state index is 11.3. The third kappa shape index (κ3) is 6.09. The summed E-state index contributed by atoms with van der Waals surface area (Å²) in [6.45, 7) is 9.37. The van der Waals surface area contributed by atoms with Crippen molar-refractivity contribution >= 4 is 5.91 Å². The summed E-state index contributed by atoms with van der Waals surface area (Å²) in [4.78, 5) is 13.1. The molecule has 1 rings (SSSR count). The van der Waals surface area contributed by atoms with Gasteiger partial charge in [-0.25, -0.2) is 0 Å². The highest BCUT2D eigenvalue weighted by Crippen LogP contribution is 2.11. The molecule has 0 aliphatic carbocycles. The molecule has 104 valence electrons. The number of ether oxygens (including phenoxy) is 1. The fraction of sp³-hybridized carbons (Fsp3) is 0.438. The van der Waals surface area contributed by atoms with Crippen molar-refractivity contribution in [2.75, 3.05) is 19.7 Å². The third-order valence-corrected chi connectivity index (χ3v) is 2.91. The molecular weight excluding hydrogens is 238 g/mol. The molecule has 0 unspecified atom stereocenters. The van der Waals surface area contributed by atoms with Crippen molar-refractivity contribution in [3.63, 3.8) is 0 Å². The van der Waals surface area contributed by atoms with E-state index in [1.807, 2.05) is 24.3 Å². The van der Waals surface area contributed by atoms with Gasteiger partial charge < -0.3 is 9.64 Å². The van der Waals surface area contributed by atoms with Gasteiger partial charge >= 0.3 is 0 Å². The molecule has 0 N–H and O–H groups in total. The summed E-state index contributed by atoms with van der Waals surface area (Å²) >= 11 is 0. The van der Waals surface area contributed by atoms with E-state index in [1.54, 1.807) is 17.9 Å². The second-order valence-electron chi connectivity index (χ2n) is 4.62. The Morgan fingerprint density at radius 1 is 1.32 bits per heavy atom. The molecular formula is C16H23NO2. The van der Waals surface area contributed by atoms with E-state index >= 15 is 0 Å². The molecule has 0 aliphatic heterocycles. The van der Waals surface area contributed by atoms with E-state index in [0.717, 1.165) is 25.1 Å². The van der Waals surface area contributed by atoms with E-state index in [2.05, 4.69) is 13.5 Å². The Kier molecular flexibility index (Phi) is 6.72. The number of hydrogen-bond acceptors (Lipinski definition) is 2. The van der Waals surface area contributed by atoms with Crippen molar-refractivity contribution in [2.24, 2.45) is 0 Å². The number of carbonyl (C=O) groups is 1. The topological polar surface area (TPSA) is 29.5 Å². The van der Waals surface area contributed by atoms with E-state index < -0.39 is 0 Å². The van der Waals surface area contributed by atoms with E-state index in [0.29, 0.717) is 13.2 Å². The monoisotopic (exact) mass is 261 g/mol. The average Bonchev–Trinajstić information content (AvgIpc) is 2.39. The van der Waals surface area contributed by atoms with Gasteiger partial charge in [0.1, 0.15) is 5.75 Å². The lowest BCUT2D eigenvalue weighted by molar-refractivity contribution is -0.128. The number of rotatable bonds is 8. The van der Waals surface area contributed by atoms with E-state index in [4.69, 9.17) is 4.74 Å². The van der Waals surface area contributed by atoms with Gasteiger partial charge in [0.2, 0.25) is 5.91 Å². The van der Waals surface area contributed by atoms with Gasteiger partial charge in [-0.05, 0) is 31.9 Å². The van der Waals surface area contributed by atoms with Crippen LogP contribution in [0.15, 0.2) is 36.9 Å². The van der Waals surface area contributed by atoms with Crippen LogP contribution < -0.4 is 4.74 Å². The van der Waals surface area contributed by atoms with Gasteiger partial charge in [0, 0.05) is 20.0 Å². The summed E-state index contributed by atoms with van der Waals surface area (Å²) in [7, 11) is 0. The van der Waals surface area contributed by atoms with Crippen LogP contribution >= 0.6 is 0 Å². The zero-order valence-corrected chi connectivity index (χ0v) is 11.9. The summed E-state index contributed by atoms with van der Waals surface area (Å²) in [5, 5.41) is 0. The van der Waals surface area contributed by atoms with Crippen LogP contribution in [0.2, 0.25) is 0 Å². The number of unbranched alkanes of at least 4 members (excludes halogenated alkanes) is 1. The molecule has 0 heterocycles. The van der Waals surface area contributed by atoms with E-state index in [1.165, 1.54) is 5.56 Å². The Bertz CT molecular complexity index is 398. The number of hydrogen-bond donors (Lipinski definition) is 0. The maximum atomic E-state index is 11.3. The lowest BCUT2D eigenvalue weighted by Crippen LogP contribution is -2.30. The van der Waals surface area contributed by atoms with Crippen molar-refractivity contribution in [1.82, 2.24) is 4.90 Å². The third-order valence-electron chi connectivity index (χ3n) is 2.91. The smallest absolute Gasteiger partial charge is 0.219 e. The van der Waals surface area contributed by atoms with Gasteiger partial charge in [-0.2, -0.15) is 0 Å². The number of carbonyl (C=O) groups excluding carboxylic acids is 1. The lowest BCUT2D eigenvalue weighted by atomic mass is 10.2. The van der Waals surface area contributed by atoms with Gasteiger partial charge in [0.15, 0.2) is 0 Å². The molecule has 0 aliphatic rings. The van der Waals surface area contributed by atoms with Crippen LogP contribution in [0.25, 0.3) is 0 Å². The van der Waals surface area contributed by atoms with Gasteiger partial charge in [-0.15, -0.1) is 6.58 Å². The number of nitrogens with zero attached hydrogens (tertiary/aromatic N) is 1. The second kappa shape index (κ2) is 8.35. The van der Waals surface area contributed by atoms with Gasteiger partial charge in [-0.1, -0.05) is 23.8 Å². The predicted octanol–water partition coefficient (Wildman–Crippen LogP) is 3.19. The van der Waals surface area contributed by atoms with Crippen molar-refractivity contribution in [3.05, 3.63) is 42.5 Å². The molecule has 0 saturated carbocycles. The summed E-state index contributed by atoms with van der Waals surface area (Å²) < 4.78 is 5.64. The van der Waals surface area contributed by atoms with Crippen molar-refractivity contribution < 1.29 is 9.53 Å². The Morgan fingerprint density at radius 3 is 2.58 bits per heavy atom. The molecule has 0 atom stereocenters. The van der Waals surface area contributed by atoms with Crippen LogP contribution in [0.1, 0.15) is 25.3 Å². The fourth-order valence-corrected chi connectivity index (χ4v) is 1.76. The Labute approximate surface area is 115 Å². The zero-order valence-electron chi connectivity index (χ0n) is 11.9. The highest BCUT2D eigenvalue weighted by molar-refractivity contribution is 5.73. The molecule has 19 heavy (non-hydrogen) atoms. The molecule has 0 bridgehead atoms. The summed E-state index contributed by atoms with van der Waals surface area (Å²) in [5.41, 5.74) is 1.23. The Morgan fingerprint density at radius 2 is 2.00 bits per heavy atom. The first-order valence-corrected chi connectivity index (χ1v) is 6.69. The van der Waals surface area contributed by atoms with E-state index in [9.17, 15) is 4.79 Å². The Balaban J connectivity index is 2.18. The minimum atomic E-state index is 0.0966. The van der Waals surface area contributed by atoms with Crippen LogP contribution in [0.3, 0.4) is 0 Å². The lowest BCUT2D eigenvalue weighted by Gasteiger charge is -2.18. The molecule has 0 radical (unpaired) electrons. The standard InChI is InChI=1S/C16H23NO2/c1-4-11-17(15(3)18)12-5-6-13-19-16-9-7-14(2)8-10-16/h4,7-10H,1,5-6,11-13H2,2-3H3. The SMILES string of the molecule is C=CCN(CCCCOc1ccc(C)cc1)C(C)=O. The van der Waals surface area contributed by atoms with Crippen LogP contribution in [0, 0.1) is 6.92 Å². The van der Waals surface area contributed by atoms with Crippen LogP contribution in [-0.4, -0.2) is 30.5 Å². The van der Waals surface area contributed by atoms with Gasteiger partial charge in [-0.3, -0.25) is 4.79 Å². The molecule has 1 amide bonds.